The second-order valence-electron chi connectivity index (χ2n) is 9.28. The standard InChI is InChI=1S/C26H31N9O3S/c1-2-18-12-21-22(31-24(18)36)11-17(13-29-21)15-34-6-8-35(9-7-34)19-3-4-20(30-14-19)25(37)28-5-10-38-16-23-32-26(27)39-33-23/h3-4,11-14H,2,5-10,15-16H2,1H3,(H,28,37)(H,31,36)(H2,27,32,33). The summed E-state index contributed by atoms with van der Waals surface area (Å²) < 4.78 is 9.51. The number of anilines is 2. The molecule has 0 aromatic carbocycles. The number of pyridine rings is 3. The van der Waals surface area contributed by atoms with Crippen molar-refractivity contribution >= 4 is 39.3 Å². The molecule has 0 spiro atoms. The van der Waals surface area contributed by atoms with Crippen molar-refractivity contribution < 1.29 is 9.53 Å². The van der Waals surface area contributed by atoms with E-state index in [9.17, 15) is 9.59 Å². The second kappa shape index (κ2) is 12.3. The van der Waals surface area contributed by atoms with E-state index in [2.05, 4.69) is 39.4 Å². The third-order valence-electron chi connectivity index (χ3n) is 6.58. The summed E-state index contributed by atoms with van der Waals surface area (Å²) in [6.07, 6.45) is 4.32. The number of nitrogen functional groups attached to an aromatic ring is 1. The molecule has 204 valence electrons. The number of rotatable bonds is 10. The van der Waals surface area contributed by atoms with Crippen molar-refractivity contribution in [1.29, 1.82) is 0 Å². The van der Waals surface area contributed by atoms with E-state index in [-0.39, 0.29) is 18.1 Å². The Labute approximate surface area is 229 Å². The van der Waals surface area contributed by atoms with Crippen molar-refractivity contribution in [2.75, 3.05) is 50.0 Å². The number of ether oxygens (including phenoxy) is 1. The summed E-state index contributed by atoms with van der Waals surface area (Å²) in [6.45, 7) is 7.14. The van der Waals surface area contributed by atoms with E-state index in [4.69, 9.17) is 10.5 Å². The molecule has 5 rings (SSSR count). The average molecular weight is 550 g/mol. The molecule has 0 aliphatic carbocycles. The molecule has 0 atom stereocenters. The van der Waals surface area contributed by atoms with E-state index >= 15 is 0 Å². The van der Waals surface area contributed by atoms with Gasteiger partial charge in [-0.3, -0.25) is 19.5 Å². The molecule has 1 saturated heterocycles. The summed E-state index contributed by atoms with van der Waals surface area (Å²) in [5, 5.41) is 3.21. The van der Waals surface area contributed by atoms with E-state index in [1.54, 1.807) is 12.3 Å². The van der Waals surface area contributed by atoms with Crippen molar-refractivity contribution in [2.24, 2.45) is 0 Å². The number of aromatic amines is 1. The van der Waals surface area contributed by atoms with Gasteiger partial charge in [0.2, 0.25) is 0 Å². The zero-order valence-electron chi connectivity index (χ0n) is 21.7. The first kappa shape index (κ1) is 26.7. The monoisotopic (exact) mass is 549 g/mol. The number of hydrogen-bond acceptors (Lipinski definition) is 11. The largest absolute Gasteiger partial charge is 0.374 e. The molecule has 13 heteroatoms. The fraction of sp³-hybridized carbons (Fsp3) is 0.385. The minimum Gasteiger partial charge on any atom is -0.374 e. The van der Waals surface area contributed by atoms with Gasteiger partial charge in [0.1, 0.15) is 12.3 Å². The summed E-state index contributed by atoms with van der Waals surface area (Å²) >= 11 is 1.12. The Morgan fingerprint density at radius 2 is 2.03 bits per heavy atom. The normalized spacial score (nSPS) is 14.1. The number of H-pyrrole nitrogens is 1. The van der Waals surface area contributed by atoms with Crippen LogP contribution in [0.4, 0.5) is 10.8 Å². The van der Waals surface area contributed by atoms with Crippen LogP contribution in [0, 0.1) is 0 Å². The molecule has 1 aliphatic rings. The Morgan fingerprint density at radius 1 is 1.18 bits per heavy atom. The highest BCUT2D eigenvalue weighted by atomic mass is 32.1. The van der Waals surface area contributed by atoms with Crippen LogP contribution >= 0.6 is 11.5 Å². The Balaban J connectivity index is 1.06. The maximum atomic E-state index is 12.4. The molecule has 4 N–H and O–H groups in total. The second-order valence-corrected chi connectivity index (χ2v) is 10.1. The third-order valence-corrected chi connectivity index (χ3v) is 7.16. The van der Waals surface area contributed by atoms with Gasteiger partial charge in [0.05, 0.1) is 29.5 Å². The molecule has 5 heterocycles. The van der Waals surface area contributed by atoms with Crippen molar-refractivity contribution in [3.8, 4) is 0 Å². The van der Waals surface area contributed by atoms with Gasteiger partial charge >= 0.3 is 0 Å². The summed E-state index contributed by atoms with van der Waals surface area (Å²) in [5.74, 6) is 0.290. The van der Waals surface area contributed by atoms with E-state index in [1.807, 2.05) is 31.3 Å². The van der Waals surface area contributed by atoms with Crippen LogP contribution in [0.25, 0.3) is 11.0 Å². The molecular weight excluding hydrogens is 518 g/mol. The number of piperazine rings is 1. The van der Waals surface area contributed by atoms with Crippen LogP contribution in [-0.2, 0) is 24.3 Å². The molecule has 1 aliphatic heterocycles. The fourth-order valence-electron chi connectivity index (χ4n) is 4.46. The van der Waals surface area contributed by atoms with E-state index in [0.29, 0.717) is 36.2 Å². The van der Waals surface area contributed by atoms with Gasteiger partial charge in [-0.15, -0.1) is 0 Å². The number of carbonyl (C=O) groups is 1. The SMILES string of the molecule is CCc1cc2ncc(CN3CCN(c4ccc(C(=O)NCCOCc5nsc(N)n5)nc4)CC3)cc2[nH]c1=O. The number of nitrogens with two attached hydrogens (primary N) is 1. The van der Waals surface area contributed by atoms with Crippen LogP contribution in [0.1, 0.15) is 34.4 Å². The van der Waals surface area contributed by atoms with Crippen LogP contribution in [0.3, 0.4) is 0 Å². The molecule has 4 aromatic heterocycles. The lowest BCUT2D eigenvalue weighted by molar-refractivity contribution is 0.0890. The molecule has 0 bridgehead atoms. The summed E-state index contributed by atoms with van der Waals surface area (Å²) in [4.78, 5) is 45.1. The van der Waals surface area contributed by atoms with Crippen LogP contribution < -0.4 is 21.5 Å². The van der Waals surface area contributed by atoms with E-state index < -0.39 is 0 Å². The van der Waals surface area contributed by atoms with Crippen molar-refractivity contribution in [3.63, 3.8) is 0 Å². The number of nitrogens with one attached hydrogen (secondary N) is 2. The quantitative estimate of drug-likeness (QED) is 0.248. The lowest BCUT2D eigenvalue weighted by atomic mass is 10.1. The maximum Gasteiger partial charge on any atom is 0.269 e. The van der Waals surface area contributed by atoms with Crippen molar-refractivity contribution in [2.45, 2.75) is 26.5 Å². The zero-order chi connectivity index (χ0) is 27.2. The zero-order valence-corrected chi connectivity index (χ0v) is 22.5. The summed E-state index contributed by atoms with van der Waals surface area (Å²) in [5.41, 5.74) is 10.3. The van der Waals surface area contributed by atoms with Gasteiger partial charge < -0.3 is 25.7 Å². The first-order valence-corrected chi connectivity index (χ1v) is 13.6. The molecule has 0 unspecified atom stereocenters. The van der Waals surface area contributed by atoms with Crippen molar-refractivity contribution in [1.82, 2.24) is 34.5 Å². The number of aryl methyl sites for hydroxylation is 1. The highest BCUT2D eigenvalue weighted by Gasteiger charge is 2.19. The minimum atomic E-state index is -0.248. The fourth-order valence-corrected chi connectivity index (χ4v) is 4.90. The Hall–Kier alpha value is -3.94. The number of carbonyl (C=O) groups excluding carboxylic acids is 1. The molecule has 12 nitrogen and oxygen atoms in total. The lowest BCUT2D eigenvalue weighted by Crippen LogP contribution is -2.46. The molecule has 1 fully saturated rings. The first-order chi connectivity index (χ1) is 19.0. The maximum absolute atomic E-state index is 12.4. The number of hydrogen-bond donors (Lipinski definition) is 3. The first-order valence-electron chi connectivity index (χ1n) is 12.9. The lowest BCUT2D eigenvalue weighted by Gasteiger charge is -2.36. The molecule has 4 aromatic rings. The van der Waals surface area contributed by atoms with Gasteiger partial charge in [0.15, 0.2) is 11.0 Å². The van der Waals surface area contributed by atoms with Gasteiger partial charge in [-0.1, -0.05) is 6.92 Å². The average Bonchev–Trinajstić information content (AvgIpc) is 3.37. The van der Waals surface area contributed by atoms with Crippen molar-refractivity contribution in [3.05, 3.63) is 69.7 Å². The topological polar surface area (TPSA) is 155 Å². The molecule has 1 amide bonds. The Morgan fingerprint density at radius 3 is 2.74 bits per heavy atom. The van der Waals surface area contributed by atoms with Gasteiger partial charge in [0, 0.05) is 62.6 Å². The van der Waals surface area contributed by atoms with Crippen LogP contribution in [0.5, 0.6) is 0 Å². The van der Waals surface area contributed by atoms with E-state index in [1.165, 1.54) is 0 Å². The Bertz CT molecular complexity index is 1480. The molecular formula is C26H31N9O3S. The number of nitrogens with zero attached hydrogens (tertiary/aromatic N) is 6. The van der Waals surface area contributed by atoms with E-state index in [0.717, 1.165) is 72.1 Å². The Kier molecular flexibility index (Phi) is 8.39. The highest BCUT2D eigenvalue weighted by Crippen LogP contribution is 2.18. The predicted octanol–water partition coefficient (Wildman–Crippen LogP) is 1.58. The van der Waals surface area contributed by atoms with Gasteiger partial charge in [-0.25, -0.2) is 9.97 Å². The van der Waals surface area contributed by atoms with Gasteiger partial charge in [-0.2, -0.15) is 4.37 Å². The third kappa shape index (κ3) is 6.74. The summed E-state index contributed by atoms with van der Waals surface area (Å²) in [6, 6.07) is 7.56. The van der Waals surface area contributed by atoms with Crippen LogP contribution in [0.15, 0.2) is 41.5 Å². The number of fused-ring (bicyclic) bond motifs is 1. The minimum absolute atomic E-state index is 0.0460. The number of aromatic nitrogens is 5. The number of amides is 1. The molecule has 0 saturated carbocycles. The van der Waals surface area contributed by atoms with Gasteiger partial charge in [-0.05, 0) is 36.2 Å². The van der Waals surface area contributed by atoms with Gasteiger partial charge in [0.25, 0.3) is 11.5 Å². The van der Waals surface area contributed by atoms with Crippen LogP contribution in [-0.4, -0.2) is 74.4 Å². The predicted molar refractivity (Wildman–Crippen MR) is 150 cm³/mol. The smallest absolute Gasteiger partial charge is 0.269 e. The highest BCUT2D eigenvalue weighted by molar-refractivity contribution is 7.09. The summed E-state index contributed by atoms with van der Waals surface area (Å²) in [7, 11) is 0. The van der Waals surface area contributed by atoms with Crippen LogP contribution in [0.2, 0.25) is 0 Å². The molecule has 0 radical (unpaired) electrons. The molecule has 39 heavy (non-hydrogen) atoms.